The Morgan fingerprint density at radius 3 is 2.00 bits per heavy atom. The molecule has 0 bridgehead atoms. The van der Waals surface area contributed by atoms with Crippen molar-refractivity contribution < 1.29 is 24.5 Å². The number of hydrogen-bond donors (Lipinski definition) is 2. The van der Waals surface area contributed by atoms with Crippen LogP contribution in [0.3, 0.4) is 0 Å². The number of Topliss-reactive ketones (excluding diaryl/α,β-unsaturated/α-hetero) is 1. The summed E-state index contributed by atoms with van der Waals surface area (Å²) in [6.45, 7) is 11.4. The minimum Gasteiger partial charge on any atom is -0.507 e. The second-order valence-corrected chi connectivity index (χ2v) is 9.27. The molecule has 0 atom stereocenters. The van der Waals surface area contributed by atoms with Crippen molar-refractivity contribution in [2.45, 2.75) is 59.0 Å². The predicted octanol–water partition coefficient (Wildman–Crippen LogP) is 4.55. The molecule has 2 aromatic rings. The van der Waals surface area contributed by atoms with Gasteiger partial charge in [0.1, 0.15) is 17.8 Å². The van der Waals surface area contributed by atoms with Gasteiger partial charge in [0.25, 0.3) is 0 Å². The number of aldehydes is 1. The van der Waals surface area contributed by atoms with Gasteiger partial charge in [0.05, 0.1) is 6.61 Å². The molecule has 0 heterocycles. The van der Waals surface area contributed by atoms with E-state index in [-0.39, 0.29) is 35.6 Å². The van der Waals surface area contributed by atoms with Crippen molar-refractivity contribution in [2.24, 2.45) is 0 Å². The summed E-state index contributed by atoms with van der Waals surface area (Å²) in [7, 11) is 0. The van der Waals surface area contributed by atoms with Gasteiger partial charge in [-0.1, -0.05) is 41.5 Å². The number of rotatable bonds is 6. The van der Waals surface area contributed by atoms with Crippen molar-refractivity contribution in [1.82, 2.24) is 0 Å². The number of aliphatic hydroxyl groups excluding tert-OH is 1. The molecule has 0 amide bonds. The highest BCUT2D eigenvalue weighted by atomic mass is 16.5. The average molecular weight is 398 g/mol. The van der Waals surface area contributed by atoms with Crippen LogP contribution in [0.25, 0.3) is 0 Å². The molecule has 0 aliphatic carbocycles. The van der Waals surface area contributed by atoms with Gasteiger partial charge in [-0.2, -0.15) is 0 Å². The summed E-state index contributed by atoms with van der Waals surface area (Å²) < 4.78 is 5.64. The predicted molar refractivity (Wildman–Crippen MR) is 113 cm³/mol. The molecule has 0 unspecified atom stereocenters. The van der Waals surface area contributed by atoms with E-state index in [0.717, 1.165) is 0 Å². The van der Waals surface area contributed by atoms with Crippen LogP contribution in [0.4, 0.5) is 0 Å². The Bertz CT molecular complexity index is 879. The fourth-order valence-corrected chi connectivity index (χ4v) is 3.10. The monoisotopic (exact) mass is 398 g/mol. The van der Waals surface area contributed by atoms with Gasteiger partial charge in [0.2, 0.25) is 0 Å². The Morgan fingerprint density at radius 1 is 1.00 bits per heavy atom. The van der Waals surface area contributed by atoms with E-state index in [9.17, 15) is 19.8 Å². The van der Waals surface area contributed by atoms with E-state index in [4.69, 9.17) is 4.74 Å². The standard InChI is InChI=1S/C24H30O5/c1-23(2,3)18-10-16(11-19(22(18)28)24(4,5)6)20(27)14-29-21-8-7-15(12-25)9-17(21)13-26/h7-12,26,28H,13-14H2,1-6H3. The Labute approximate surface area is 172 Å². The fourth-order valence-electron chi connectivity index (χ4n) is 3.10. The number of aliphatic hydroxyl groups is 1. The minimum atomic E-state index is -0.337. The van der Waals surface area contributed by atoms with Gasteiger partial charge in [-0.05, 0) is 41.2 Å². The summed E-state index contributed by atoms with van der Waals surface area (Å²) in [6, 6.07) is 8.11. The van der Waals surface area contributed by atoms with E-state index in [1.165, 1.54) is 6.07 Å². The molecule has 2 aromatic carbocycles. The lowest BCUT2D eigenvalue weighted by Crippen LogP contribution is -2.20. The van der Waals surface area contributed by atoms with Crippen LogP contribution in [0.5, 0.6) is 11.5 Å². The summed E-state index contributed by atoms with van der Waals surface area (Å²) in [6.07, 6.45) is 0.687. The summed E-state index contributed by atoms with van der Waals surface area (Å²) >= 11 is 0. The molecule has 5 nitrogen and oxygen atoms in total. The Morgan fingerprint density at radius 2 is 1.55 bits per heavy atom. The molecule has 0 saturated carbocycles. The van der Waals surface area contributed by atoms with Crippen molar-refractivity contribution in [1.29, 1.82) is 0 Å². The molecule has 0 radical (unpaired) electrons. The maximum atomic E-state index is 12.9. The Balaban J connectivity index is 2.37. The topological polar surface area (TPSA) is 83.8 Å². The summed E-state index contributed by atoms with van der Waals surface area (Å²) in [5.41, 5.74) is 2.08. The number of phenols is 1. The molecule has 0 fully saturated rings. The zero-order valence-electron chi connectivity index (χ0n) is 18.0. The van der Waals surface area contributed by atoms with Gasteiger partial charge < -0.3 is 14.9 Å². The Kier molecular flexibility index (Phi) is 6.53. The zero-order valence-corrected chi connectivity index (χ0v) is 18.0. The van der Waals surface area contributed by atoms with E-state index >= 15 is 0 Å². The zero-order chi connectivity index (χ0) is 22.0. The van der Waals surface area contributed by atoms with Crippen molar-refractivity contribution >= 4 is 12.1 Å². The normalized spacial score (nSPS) is 12.0. The molecule has 5 heteroatoms. The molecule has 0 spiro atoms. The highest BCUT2D eigenvalue weighted by molar-refractivity contribution is 5.98. The largest absolute Gasteiger partial charge is 0.507 e. The van der Waals surface area contributed by atoms with Gasteiger partial charge in [-0.25, -0.2) is 0 Å². The second-order valence-electron chi connectivity index (χ2n) is 9.27. The SMILES string of the molecule is CC(C)(C)c1cc(C(=O)COc2ccc(C=O)cc2CO)cc(C(C)(C)C)c1O. The lowest BCUT2D eigenvalue weighted by atomic mass is 9.78. The van der Waals surface area contributed by atoms with Crippen LogP contribution >= 0.6 is 0 Å². The van der Waals surface area contributed by atoms with E-state index < -0.39 is 0 Å². The maximum absolute atomic E-state index is 12.9. The molecule has 2 rings (SSSR count). The number of carbonyl (C=O) groups excluding carboxylic acids is 2. The van der Waals surface area contributed by atoms with Crippen LogP contribution in [0.15, 0.2) is 30.3 Å². The molecule has 0 saturated heterocycles. The smallest absolute Gasteiger partial charge is 0.200 e. The molecule has 0 aromatic heterocycles. The third-order valence-electron chi connectivity index (χ3n) is 4.80. The minimum absolute atomic E-state index is 0.217. The number of ketones is 1. The first kappa shape index (κ1) is 22.6. The van der Waals surface area contributed by atoms with Gasteiger partial charge >= 0.3 is 0 Å². The van der Waals surface area contributed by atoms with Gasteiger partial charge in [-0.15, -0.1) is 0 Å². The maximum Gasteiger partial charge on any atom is 0.200 e. The Hall–Kier alpha value is -2.66. The van der Waals surface area contributed by atoms with Crippen molar-refractivity contribution in [2.75, 3.05) is 6.61 Å². The van der Waals surface area contributed by atoms with Crippen LogP contribution in [0.1, 0.15) is 78.9 Å². The number of ether oxygens (including phenoxy) is 1. The molecule has 2 N–H and O–H groups in total. The van der Waals surface area contributed by atoms with Gasteiger partial charge in [0, 0.05) is 27.8 Å². The first-order valence-corrected chi connectivity index (χ1v) is 9.61. The number of hydrogen-bond acceptors (Lipinski definition) is 5. The van der Waals surface area contributed by atoms with E-state index in [2.05, 4.69) is 0 Å². The summed E-state index contributed by atoms with van der Waals surface area (Å²) in [4.78, 5) is 23.8. The van der Waals surface area contributed by atoms with Crippen LogP contribution in [-0.4, -0.2) is 28.9 Å². The molecule has 29 heavy (non-hydrogen) atoms. The van der Waals surface area contributed by atoms with Crippen molar-refractivity contribution in [3.63, 3.8) is 0 Å². The number of benzene rings is 2. The number of carbonyl (C=O) groups is 2. The summed E-state index contributed by atoms with van der Waals surface area (Å²) in [5, 5.41) is 20.3. The van der Waals surface area contributed by atoms with Gasteiger partial charge in [0.15, 0.2) is 12.4 Å². The van der Waals surface area contributed by atoms with Crippen LogP contribution in [-0.2, 0) is 17.4 Å². The van der Waals surface area contributed by atoms with Gasteiger partial charge in [-0.3, -0.25) is 9.59 Å². The number of phenolic OH excluding ortho intramolecular Hbond substituents is 1. The lowest BCUT2D eigenvalue weighted by Gasteiger charge is -2.28. The third-order valence-corrected chi connectivity index (χ3v) is 4.80. The van der Waals surface area contributed by atoms with E-state index in [1.807, 2.05) is 41.5 Å². The van der Waals surface area contributed by atoms with Crippen molar-refractivity contribution in [3.05, 3.63) is 58.1 Å². The quantitative estimate of drug-likeness (QED) is 0.551. The highest BCUT2D eigenvalue weighted by Gasteiger charge is 2.27. The van der Waals surface area contributed by atoms with Crippen LogP contribution < -0.4 is 4.74 Å². The first-order valence-electron chi connectivity index (χ1n) is 9.61. The highest BCUT2D eigenvalue weighted by Crippen LogP contribution is 2.39. The first-order chi connectivity index (χ1) is 13.4. The molecule has 0 aliphatic heterocycles. The molecular formula is C24H30O5. The third kappa shape index (κ3) is 5.24. The summed E-state index contributed by atoms with van der Waals surface area (Å²) in [5.74, 6) is 0.344. The molecule has 156 valence electrons. The molecule has 0 aliphatic rings. The van der Waals surface area contributed by atoms with Crippen LogP contribution in [0, 0.1) is 0 Å². The van der Waals surface area contributed by atoms with E-state index in [1.54, 1.807) is 24.3 Å². The van der Waals surface area contributed by atoms with Crippen molar-refractivity contribution in [3.8, 4) is 11.5 Å². The fraction of sp³-hybridized carbons (Fsp3) is 0.417. The number of aromatic hydroxyl groups is 1. The van der Waals surface area contributed by atoms with E-state index in [0.29, 0.717) is 39.9 Å². The second kappa shape index (κ2) is 8.37. The van der Waals surface area contributed by atoms with Crippen LogP contribution in [0.2, 0.25) is 0 Å². The average Bonchev–Trinajstić information content (AvgIpc) is 2.64. The lowest BCUT2D eigenvalue weighted by molar-refractivity contribution is 0.0918. The molecular weight excluding hydrogens is 368 g/mol.